The van der Waals surface area contributed by atoms with Gasteiger partial charge < -0.3 is 15.1 Å². The summed E-state index contributed by atoms with van der Waals surface area (Å²) >= 11 is 0. The van der Waals surface area contributed by atoms with Crippen LogP contribution < -0.4 is 5.32 Å². The van der Waals surface area contributed by atoms with Gasteiger partial charge in [-0.05, 0) is 31.1 Å². The van der Waals surface area contributed by atoms with E-state index in [4.69, 9.17) is 0 Å². The molecule has 5 nitrogen and oxygen atoms in total. The molecule has 1 heterocycles. The molecule has 2 unspecified atom stereocenters. The van der Waals surface area contributed by atoms with Crippen LogP contribution in [0.5, 0.6) is 0 Å². The van der Waals surface area contributed by atoms with E-state index in [9.17, 15) is 9.59 Å². The molecule has 126 valence electrons. The van der Waals surface area contributed by atoms with Crippen LogP contribution in [-0.4, -0.2) is 55.0 Å². The molecule has 0 radical (unpaired) electrons. The van der Waals surface area contributed by atoms with Crippen molar-refractivity contribution in [2.24, 2.45) is 11.8 Å². The van der Waals surface area contributed by atoms with Gasteiger partial charge in [0.1, 0.15) is 0 Å². The first kappa shape index (κ1) is 17.1. The Morgan fingerprint density at radius 3 is 2.64 bits per heavy atom. The lowest BCUT2D eigenvalue weighted by atomic mass is 9.75. The largest absolute Gasteiger partial charge is 0.346 e. The van der Waals surface area contributed by atoms with Crippen molar-refractivity contribution in [1.29, 1.82) is 0 Å². The number of carbonyl (C=O) groups is 2. The Kier molecular flexibility index (Phi) is 6.52. The number of nitrogens with one attached hydrogen (secondary N) is 1. The second-order valence-electron chi connectivity index (χ2n) is 6.84. The quantitative estimate of drug-likeness (QED) is 0.848. The van der Waals surface area contributed by atoms with Gasteiger partial charge in [-0.15, -0.1) is 0 Å². The highest BCUT2D eigenvalue weighted by atomic mass is 16.2. The minimum atomic E-state index is 0.00923. The molecule has 0 bridgehead atoms. The molecule has 1 saturated heterocycles. The molecule has 2 atom stereocenters. The molecule has 2 rings (SSSR count). The summed E-state index contributed by atoms with van der Waals surface area (Å²) in [6.07, 6.45) is 7.80. The van der Waals surface area contributed by atoms with Crippen molar-refractivity contribution >= 4 is 11.9 Å². The molecule has 3 amide bonds. The highest BCUT2D eigenvalue weighted by molar-refractivity contribution is 5.78. The maximum atomic E-state index is 12.2. The SMILES string of the molecule is CCCN(C)C(=O)CCNC(=O)N1CCC2CCCCC2C1. The average molecular weight is 309 g/mol. The summed E-state index contributed by atoms with van der Waals surface area (Å²) in [6, 6.07) is 0.00923. The Balaban J connectivity index is 1.68. The van der Waals surface area contributed by atoms with Crippen LogP contribution >= 0.6 is 0 Å². The number of fused-ring (bicyclic) bond motifs is 1. The maximum Gasteiger partial charge on any atom is 0.317 e. The maximum absolute atomic E-state index is 12.2. The number of urea groups is 1. The molecular formula is C17H31N3O2. The van der Waals surface area contributed by atoms with Crippen molar-refractivity contribution in [3.63, 3.8) is 0 Å². The zero-order valence-corrected chi connectivity index (χ0v) is 14.1. The molecule has 1 aliphatic carbocycles. The normalized spacial score (nSPS) is 24.5. The van der Waals surface area contributed by atoms with Gasteiger partial charge in [0, 0.05) is 39.6 Å². The van der Waals surface area contributed by atoms with E-state index in [0.717, 1.165) is 38.4 Å². The Morgan fingerprint density at radius 2 is 1.91 bits per heavy atom. The zero-order valence-electron chi connectivity index (χ0n) is 14.1. The van der Waals surface area contributed by atoms with Gasteiger partial charge in [0.15, 0.2) is 0 Å². The fourth-order valence-electron chi connectivity index (χ4n) is 3.82. The number of hydrogen-bond acceptors (Lipinski definition) is 2. The summed E-state index contributed by atoms with van der Waals surface area (Å²) in [6.45, 7) is 5.05. The van der Waals surface area contributed by atoms with Gasteiger partial charge in [-0.25, -0.2) is 4.79 Å². The van der Waals surface area contributed by atoms with Crippen LogP contribution in [0.3, 0.4) is 0 Å². The molecule has 1 saturated carbocycles. The van der Waals surface area contributed by atoms with Gasteiger partial charge in [-0.1, -0.05) is 26.2 Å². The van der Waals surface area contributed by atoms with Gasteiger partial charge in [-0.3, -0.25) is 4.79 Å². The van der Waals surface area contributed by atoms with Crippen LogP contribution in [0, 0.1) is 11.8 Å². The van der Waals surface area contributed by atoms with E-state index in [2.05, 4.69) is 12.2 Å². The van der Waals surface area contributed by atoms with Crippen LogP contribution in [0.25, 0.3) is 0 Å². The molecule has 5 heteroatoms. The molecule has 22 heavy (non-hydrogen) atoms. The topological polar surface area (TPSA) is 52.7 Å². The number of likely N-dealkylation sites (tertiary alicyclic amines) is 1. The molecule has 0 aromatic heterocycles. The lowest BCUT2D eigenvalue weighted by Crippen LogP contribution is -2.49. The lowest BCUT2D eigenvalue weighted by Gasteiger charge is -2.41. The Morgan fingerprint density at radius 1 is 1.18 bits per heavy atom. The Hall–Kier alpha value is -1.26. The van der Waals surface area contributed by atoms with Crippen LogP contribution in [0.15, 0.2) is 0 Å². The van der Waals surface area contributed by atoms with E-state index in [0.29, 0.717) is 18.9 Å². The third kappa shape index (κ3) is 4.62. The van der Waals surface area contributed by atoms with Crippen LogP contribution in [0.1, 0.15) is 51.9 Å². The Bertz CT molecular complexity index is 386. The van der Waals surface area contributed by atoms with Gasteiger partial charge >= 0.3 is 6.03 Å². The summed E-state index contributed by atoms with van der Waals surface area (Å²) in [5.74, 6) is 1.64. The van der Waals surface area contributed by atoms with Crippen LogP contribution in [0.4, 0.5) is 4.79 Å². The first-order valence-corrected chi connectivity index (χ1v) is 8.88. The minimum Gasteiger partial charge on any atom is -0.346 e. The number of nitrogens with zero attached hydrogens (tertiary/aromatic N) is 2. The summed E-state index contributed by atoms with van der Waals surface area (Å²) in [7, 11) is 1.82. The monoisotopic (exact) mass is 309 g/mol. The van der Waals surface area contributed by atoms with E-state index in [1.165, 1.54) is 25.7 Å². The average Bonchev–Trinajstić information content (AvgIpc) is 2.54. The molecule has 0 spiro atoms. The van der Waals surface area contributed by atoms with Gasteiger partial charge in [0.05, 0.1) is 0 Å². The first-order valence-electron chi connectivity index (χ1n) is 8.88. The second-order valence-corrected chi connectivity index (χ2v) is 6.84. The smallest absolute Gasteiger partial charge is 0.317 e. The summed E-state index contributed by atoms with van der Waals surface area (Å²) < 4.78 is 0. The molecular weight excluding hydrogens is 278 g/mol. The third-order valence-electron chi connectivity index (χ3n) is 5.18. The van der Waals surface area contributed by atoms with Crippen molar-refractivity contribution in [3.8, 4) is 0 Å². The van der Waals surface area contributed by atoms with E-state index in [1.54, 1.807) is 4.90 Å². The first-order chi connectivity index (χ1) is 10.6. The molecule has 1 aliphatic heterocycles. The number of hydrogen-bond donors (Lipinski definition) is 1. The zero-order chi connectivity index (χ0) is 15.9. The number of rotatable bonds is 5. The van der Waals surface area contributed by atoms with Gasteiger partial charge in [0.2, 0.25) is 5.91 Å². The fraction of sp³-hybridized carbons (Fsp3) is 0.882. The number of piperidine rings is 1. The third-order valence-corrected chi connectivity index (χ3v) is 5.18. The van der Waals surface area contributed by atoms with Crippen LogP contribution in [0.2, 0.25) is 0 Å². The van der Waals surface area contributed by atoms with E-state index < -0.39 is 0 Å². The molecule has 2 fully saturated rings. The van der Waals surface area contributed by atoms with Crippen molar-refractivity contribution in [3.05, 3.63) is 0 Å². The Labute approximate surface area is 134 Å². The molecule has 1 N–H and O–H groups in total. The fourth-order valence-corrected chi connectivity index (χ4v) is 3.82. The van der Waals surface area contributed by atoms with Crippen molar-refractivity contribution < 1.29 is 9.59 Å². The predicted molar refractivity (Wildman–Crippen MR) is 87.6 cm³/mol. The van der Waals surface area contributed by atoms with Gasteiger partial charge in [-0.2, -0.15) is 0 Å². The van der Waals surface area contributed by atoms with E-state index in [-0.39, 0.29) is 11.9 Å². The van der Waals surface area contributed by atoms with Crippen LogP contribution in [-0.2, 0) is 4.79 Å². The summed E-state index contributed by atoms with van der Waals surface area (Å²) in [5, 5.41) is 2.92. The summed E-state index contributed by atoms with van der Waals surface area (Å²) in [4.78, 5) is 27.8. The minimum absolute atomic E-state index is 0.00923. The van der Waals surface area contributed by atoms with Gasteiger partial charge in [0.25, 0.3) is 0 Å². The number of amides is 3. The van der Waals surface area contributed by atoms with E-state index >= 15 is 0 Å². The lowest BCUT2D eigenvalue weighted by molar-refractivity contribution is -0.129. The second kappa shape index (κ2) is 8.39. The highest BCUT2D eigenvalue weighted by Crippen LogP contribution is 2.35. The van der Waals surface area contributed by atoms with Crippen molar-refractivity contribution in [2.75, 3.05) is 33.2 Å². The van der Waals surface area contributed by atoms with Crippen molar-refractivity contribution in [1.82, 2.24) is 15.1 Å². The molecule has 2 aliphatic rings. The highest BCUT2D eigenvalue weighted by Gasteiger charge is 2.32. The molecule has 0 aromatic carbocycles. The standard InChI is InChI=1S/C17H31N3O2/c1-3-11-19(2)16(21)8-10-18-17(22)20-12-9-14-6-4-5-7-15(14)13-20/h14-15H,3-13H2,1-2H3,(H,18,22). The summed E-state index contributed by atoms with van der Waals surface area (Å²) in [5.41, 5.74) is 0. The predicted octanol–water partition coefficient (Wildman–Crippen LogP) is 2.47. The van der Waals surface area contributed by atoms with Crippen molar-refractivity contribution in [2.45, 2.75) is 51.9 Å². The number of carbonyl (C=O) groups excluding carboxylic acids is 2. The van der Waals surface area contributed by atoms with E-state index in [1.807, 2.05) is 11.9 Å². The molecule has 0 aromatic rings.